The van der Waals surface area contributed by atoms with E-state index in [-0.39, 0.29) is 53.6 Å². The van der Waals surface area contributed by atoms with Crippen LogP contribution in [0.4, 0.5) is 20.3 Å². The lowest BCUT2D eigenvalue weighted by Gasteiger charge is -2.18. The molecule has 0 bridgehead atoms. The first-order valence-corrected chi connectivity index (χ1v) is 13.4. The number of carbonyl (C=O) groups is 2. The van der Waals surface area contributed by atoms with E-state index in [9.17, 15) is 18.4 Å². The predicted molar refractivity (Wildman–Crippen MR) is 151 cm³/mol. The zero-order valence-corrected chi connectivity index (χ0v) is 22.9. The van der Waals surface area contributed by atoms with Crippen molar-refractivity contribution < 1.29 is 27.8 Å². The first-order chi connectivity index (χ1) is 20.4. The largest absolute Gasteiger partial charge is 0.497 e. The molecule has 2 aliphatic heterocycles. The molecule has 11 heteroatoms. The lowest BCUT2D eigenvalue weighted by molar-refractivity contribution is -0.120. The van der Waals surface area contributed by atoms with Crippen molar-refractivity contribution in [3.63, 3.8) is 0 Å². The maximum Gasteiger partial charge on any atom is 0.260 e. The standard InChI is InChI=1S/C31H27F2N5O4/c1-41-20-11-8-18(25(14-20)42-2)15-38-16-24-27(31(38)40)29(37-28(36-24)26-22(32)4-3-5-23(26)33)35-19-9-6-17(7-10-19)21-12-13-34-30(21)39/h3-11,14,21H,12-13,15-16H2,1-2H3,(H,34,39)(H,35,36,37). The van der Waals surface area contributed by atoms with E-state index < -0.39 is 11.6 Å². The smallest absolute Gasteiger partial charge is 0.260 e. The van der Waals surface area contributed by atoms with Gasteiger partial charge in [0, 0.05) is 23.9 Å². The number of methoxy groups -OCH3 is 2. The summed E-state index contributed by atoms with van der Waals surface area (Å²) >= 11 is 0. The van der Waals surface area contributed by atoms with Crippen LogP contribution in [0, 0.1) is 11.6 Å². The van der Waals surface area contributed by atoms with Gasteiger partial charge in [-0.3, -0.25) is 9.59 Å². The Morgan fingerprint density at radius 1 is 0.976 bits per heavy atom. The van der Waals surface area contributed by atoms with Gasteiger partial charge in [-0.1, -0.05) is 18.2 Å². The highest BCUT2D eigenvalue weighted by molar-refractivity contribution is 6.03. The monoisotopic (exact) mass is 571 g/mol. The average molecular weight is 572 g/mol. The van der Waals surface area contributed by atoms with Gasteiger partial charge in [-0.25, -0.2) is 18.7 Å². The van der Waals surface area contributed by atoms with Gasteiger partial charge in [-0.15, -0.1) is 0 Å². The van der Waals surface area contributed by atoms with Crippen LogP contribution in [-0.4, -0.2) is 47.4 Å². The molecule has 4 aromatic rings. The second-order valence-corrected chi connectivity index (χ2v) is 10.0. The number of fused-ring (bicyclic) bond motifs is 1. The van der Waals surface area contributed by atoms with Crippen LogP contribution in [0.3, 0.4) is 0 Å². The minimum atomic E-state index is -0.816. The third-order valence-corrected chi connectivity index (χ3v) is 7.49. The number of carbonyl (C=O) groups excluding carboxylic acids is 2. The molecule has 6 rings (SSSR count). The van der Waals surface area contributed by atoms with Crippen LogP contribution >= 0.6 is 0 Å². The molecule has 2 amide bonds. The second kappa shape index (κ2) is 11.1. The van der Waals surface area contributed by atoms with Gasteiger partial charge in [0.05, 0.1) is 44.5 Å². The minimum Gasteiger partial charge on any atom is -0.497 e. The molecule has 9 nitrogen and oxygen atoms in total. The summed E-state index contributed by atoms with van der Waals surface area (Å²) in [4.78, 5) is 36.3. The fraction of sp³-hybridized carbons (Fsp3) is 0.226. The Morgan fingerprint density at radius 3 is 2.40 bits per heavy atom. The van der Waals surface area contributed by atoms with Crippen LogP contribution in [-0.2, 0) is 17.9 Å². The summed E-state index contributed by atoms with van der Waals surface area (Å²) in [6, 6.07) is 16.1. The quantitative estimate of drug-likeness (QED) is 0.309. The van der Waals surface area contributed by atoms with Crippen molar-refractivity contribution in [3.05, 3.63) is 94.7 Å². The van der Waals surface area contributed by atoms with Crippen molar-refractivity contribution in [2.75, 3.05) is 26.1 Å². The van der Waals surface area contributed by atoms with Gasteiger partial charge in [0.2, 0.25) is 5.91 Å². The Morgan fingerprint density at radius 2 is 1.74 bits per heavy atom. The molecule has 0 spiro atoms. The number of benzene rings is 3. The molecule has 2 N–H and O–H groups in total. The van der Waals surface area contributed by atoms with Gasteiger partial charge in [-0.2, -0.15) is 0 Å². The van der Waals surface area contributed by atoms with E-state index >= 15 is 0 Å². The Labute approximate surface area is 240 Å². The number of hydrogen-bond donors (Lipinski definition) is 2. The summed E-state index contributed by atoms with van der Waals surface area (Å²) in [5, 5.41) is 5.98. The Kier molecular flexibility index (Phi) is 7.15. The second-order valence-electron chi connectivity index (χ2n) is 10.0. The molecule has 0 saturated carbocycles. The predicted octanol–water partition coefficient (Wildman–Crippen LogP) is 4.94. The summed E-state index contributed by atoms with van der Waals surface area (Å²) in [6.45, 7) is 0.926. The molecular weight excluding hydrogens is 544 g/mol. The third-order valence-electron chi connectivity index (χ3n) is 7.49. The van der Waals surface area contributed by atoms with E-state index in [1.54, 1.807) is 36.3 Å². The highest BCUT2D eigenvalue weighted by atomic mass is 19.1. The van der Waals surface area contributed by atoms with Crippen molar-refractivity contribution in [1.82, 2.24) is 20.2 Å². The number of aromatic nitrogens is 2. The highest BCUT2D eigenvalue weighted by Crippen LogP contribution is 2.35. The number of rotatable bonds is 8. The van der Waals surface area contributed by atoms with E-state index in [1.807, 2.05) is 18.2 Å². The number of anilines is 2. The molecule has 0 aliphatic carbocycles. The van der Waals surface area contributed by atoms with Crippen molar-refractivity contribution in [3.8, 4) is 22.9 Å². The maximum atomic E-state index is 14.8. The summed E-state index contributed by atoms with van der Waals surface area (Å²) in [7, 11) is 3.09. The van der Waals surface area contributed by atoms with Gasteiger partial charge in [-0.05, 0) is 48.4 Å². The molecule has 1 saturated heterocycles. The van der Waals surface area contributed by atoms with Gasteiger partial charge in [0.1, 0.15) is 34.5 Å². The van der Waals surface area contributed by atoms with E-state index in [0.717, 1.165) is 23.3 Å². The normalized spacial score (nSPS) is 15.9. The first-order valence-electron chi connectivity index (χ1n) is 13.4. The van der Waals surface area contributed by atoms with E-state index in [0.29, 0.717) is 35.8 Å². The Bertz CT molecular complexity index is 1680. The fourth-order valence-corrected chi connectivity index (χ4v) is 5.33. The first kappa shape index (κ1) is 27.1. The van der Waals surface area contributed by atoms with Crippen molar-refractivity contribution in [2.45, 2.75) is 25.4 Å². The minimum absolute atomic E-state index is 0.0138. The van der Waals surface area contributed by atoms with Gasteiger partial charge in [0.15, 0.2) is 5.82 Å². The highest BCUT2D eigenvalue weighted by Gasteiger charge is 2.35. The van der Waals surface area contributed by atoms with Crippen molar-refractivity contribution in [2.24, 2.45) is 0 Å². The lowest BCUT2D eigenvalue weighted by atomic mass is 9.97. The number of nitrogens with one attached hydrogen (secondary N) is 2. The summed E-state index contributed by atoms with van der Waals surface area (Å²) in [6.07, 6.45) is 0.714. The number of hydrogen-bond acceptors (Lipinski definition) is 7. The van der Waals surface area contributed by atoms with Crippen molar-refractivity contribution >= 4 is 23.3 Å². The molecule has 1 aromatic heterocycles. The number of halogens is 2. The molecule has 3 heterocycles. The lowest BCUT2D eigenvalue weighted by Crippen LogP contribution is -2.24. The molecule has 2 aliphatic rings. The fourth-order valence-electron chi connectivity index (χ4n) is 5.33. The Balaban J connectivity index is 1.37. The maximum absolute atomic E-state index is 14.8. The summed E-state index contributed by atoms with van der Waals surface area (Å²) in [5.74, 6) is -1.10. The number of amides is 2. The molecule has 3 aromatic carbocycles. The SMILES string of the molecule is COc1ccc(CN2Cc3nc(-c4c(F)cccc4F)nc(Nc4ccc(C5CCNC5=O)cc4)c3C2=O)c(OC)c1. The van der Waals surface area contributed by atoms with Gasteiger partial charge in [0.25, 0.3) is 5.91 Å². The van der Waals surface area contributed by atoms with Crippen LogP contribution in [0.15, 0.2) is 60.7 Å². The van der Waals surface area contributed by atoms with Crippen LogP contribution < -0.4 is 20.1 Å². The molecule has 42 heavy (non-hydrogen) atoms. The number of ether oxygens (including phenoxy) is 2. The average Bonchev–Trinajstić information content (AvgIpc) is 3.56. The van der Waals surface area contributed by atoms with Gasteiger partial charge < -0.3 is 25.0 Å². The van der Waals surface area contributed by atoms with Gasteiger partial charge >= 0.3 is 0 Å². The molecule has 1 unspecified atom stereocenters. The van der Waals surface area contributed by atoms with E-state index in [2.05, 4.69) is 20.6 Å². The van der Waals surface area contributed by atoms with Crippen LogP contribution in [0.5, 0.6) is 11.5 Å². The number of nitrogens with zero attached hydrogens (tertiary/aromatic N) is 3. The molecule has 214 valence electrons. The van der Waals surface area contributed by atoms with Crippen molar-refractivity contribution in [1.29, 1.82) is 0 Å². The third kappa shape index (κ3) is 4.98. The summed E-state index contributed by atoms with van der Waals surface area (Å²) in [5.41, 5.74) is 2.36. The van der Waals surface area contributed by atoms with Crippen LogP contribution in [0.2, 0.25) is 0 Å². The zero-order valence-electron chi connectivity index (χ0n) is 22.9. The molecule has 1 atom stereocenters. The Hall–Kier alpha value is -5.06. The molecular formula is C31H27F2N5O4. The van der Waals surface area contributed by atoms with Crippen LogP contribution in [0.1, 0.15) is 39.5 Å². The zero-order chi connectivity index (χ0) is 29.4. The molecule has 0 radical (unpaired) electrons. The van der Waals surface area contributed by atoms with Crippen LogP contribution in [0.25, 0.3) is 11.4 Å². The molecule has 1 fully saturated rings. The summed E-state index contributed by atoms with van der Waals surface area (Å²) < 4.78 is 40.3. The van der Waals surface area contributed by atoms with E-state index in [1.165, 1.54) is 13.2 Å². The van der Waals surface area contributed by atoms with E-state index in [4.69, 9.17) is 9.47 Å². The topological polar surface area (TPSA) is 106 Å².